The first-order chi connectivity index (χ1) is 9.08. The summed E-state index contributed by atoms with van der Waals surface area (Å²) in [7, 11) is 0. The summed E-state index contributed by atoms with van der Waals surface area (Å²) >= 11 is 0. The van der Waals surface area contributed by atoms with Gasteiger partial charge in [0.1, 0.15) is 0 Å². The molecule has 5 nitrogen and oxygen atoms in total. The molecule has 0 aromatic heterocycles. The van der Waals surface area contributed by atoms with Gasteiger partial charge in [0.25, 0.3) is 0 Å². The van der Waals surface area contributed by atoms with Crippen LogP contribution in [-0.4, -0.2) is 29.6 Å². The first-order valence-electron chi connectivity index (χ1n) is 6.45. The Kier molecular flexibility index (Phi) is 4.16. The van der Waals surface area contributed by atoms with E-state index in [0.29, 0.717) is 0 Å². The number of carbonyl (C=O) groups excluding carboxylic acids is 1. The number of carbonyl (C=O) groups is 2. The van der Waals surface area contributed by atoms with Crippen molar-refractivity contribution in [2.24, 2.45) is 0 Å². The maximum absolute atomic E-state index is 11.9. The van der Waals surface area contributed by atoms with Crippen molar-refractivity contribution >= 4 is 11.9 Å². The molecule has 0 unspecified atom stereocenters. The Morgan fingerprint density at radius 2 is 2.05 bits per heavy atom. The molecular formula is C14H18N2O3. The predicted molar refractivity (Wildman–Crippen MR) is 71.0 cm³/mol. The van der Waals surface area contributed by atoms with Crippen LogP contribution in [0.15, 0.2) is 24.3 Å². The molecular weight excluding hydrogens is 244 g/mol. The van der Waals surface area contributed by atoms with Gasteiger partial charge < -0.3 is 15.7 Å². The number of hydrogen-bond acceptors (Lipinski definition) is 3. The van der Waals surface area contributed by atoms with Crippen LogP contribution >= 0.6 is 0 Å². The van der Waals surface area contributed by atoms with Gasteiger partial charge in [-0.25, -0.2) is 4.79 Å². The molecule has 5 heteroatoms. The molecule has 19 heavy (non-hydrogen) atoms. The molecule has 0 spiro atoms. The van der Waals surface area contributed by atoms with Crippen LogP contribution in [0.4, 0.5) is 0 Å². The van der Waals surface area contributed by atoms with Crippen molar-refractivity contribution in [3.8, 4) is 0 Å². The van der Waals surface area contributed by atoms with Gasteiger partial charge in [-0.3, -0.25) is 4.79 Å². The first kappa shape index (κ1) is 13.5. The van der Waals surface area contributed by atoms with Crippen LogP contribution < -0.4 is 10.6 Å². The van der Waals surface area contributed by atoms with E-state index in [9.17, 15) is 9.59 Å². The smallest absolute Gasteiger partial charge is 0.335 e. The van der Waals surface area contributed by atoms with E-state index >= 15 is 0 Å². The van der Waals surface area contributed by atoms with Crippen LogP contribution in [0.5, 0.6) is 0 Å². The summed E-state index contributed by atoms with van der Waals surface area (Å²) in [6.45, 7) is 2.78. The summed E-state index contributed by atoms with van der Waals surface area (Å²) in [6, 6.07) is 6.34. The van der Waals surface area contributed by atoms with E-state index in [2.05, 4.69) is 10.6 Å². The van der Waals surface area contributed by atoms with Crippen molar-refractivity contribution < 1.29 is 14.7 Å². The van der Waals surface area contributed by atoms with Gasteiger partial charge in [-0.2, -0.15) is 0 Å². The van der Waals surface area contributed by atoms with Crippen LogP contribution in [0.1, 0.15) is 41.7 Å². The standard InChI is InChI=1S/C14H18N2O3/c1-9(16-13(17)12-3-2-8-15-12)10-4-6-11(7-5-10)14(18)19/h4-7,9,12,15H,2-3,8H2,1H3,(H,16,17)(H,18,19)/t9-,12+/m0/s1. The number of hydrogen-bond donors (Lipinski definition) is 3. The monoisotopic (exact) mass is 262 g/mol. The topological polar surface area (TPSA) is 78.4 Å². The predicted octanol–water partition coefficient (Wildman–Crippen LogP) is 1.31. The van der Waals surface area contributed by atoms with Crippen molar-refractivity contribution in [1.29, 1.82) is 0 Å². The Balaban J connectivity index is 1.97. The van der Waals surface area contributed by atoms with E-state index in [1.807, 2.05) is 6.92 Å². The molecule has 1 aromatic carbocycles. The largest absolute Gasteiger partial charge is 0.478 e. The Hall–Kier alpha value is -1.88. The molecule has 1 aliphatic heterocycles. The number of amides is 1. The third-order valence-electron chi connectivity index (χ3n) is 3.39. The van der Waals surface area contributed by atoms with E-state index in [4.69, 9.17) is 5.11 Å². The first-order valence-corrected chi connectivity index (χ1v) is 6.45. The highest BCUT2D eigenvalue weighted by Gasteiger charge is 2.23. The van der Waals surface area contributed by atoms with Crippen molar-refractivity contribution in [1.82, 2.24) is 10.6 Å². The van der Waals surface area contributed by atoms with Crippen LogP contribution in [0.2, 0.25) is 0 Å². The van der Waals surface area contributed by atoms with Crippen LogP contribution in [0.3, 0.4) is 0 Å². The number of benzene rings is 1. The molecule has 1 saturated heterocycles. The zero-order valence-corrected chi connectivity index (χ0v) is 10.8. The molecule has 0 saturated carbocycles. The summed E-state index contributed by atoms with van der Waals surface area (Å²) in [4.78, 5) is 22.7. The van der Waals surface area contributed by atoms with E-state index in [-0.39, 0.29) is 23.6 Å². The van der Waals surface area contributed by atoms with E-state index < -0.39 is 5.97 Å². The van der Waals surface area contributed by atoms with Gasteiger partial charge in [0.2, 0.25) is 5.91 Å². The highest BCUT2D eigenvalue weighted by atomic mass is 16.4. The minimum absolute atomic E-state index is 0.00677. The molecule has 1 aliphatic rings. The lowest BCUT2D eigenvalue weighted by Crippen LogP contribution is -2.41. The maximum Gasteiger partial charge on any atom is 0.335 e. The molecule has 1 heterocycles. The lowest BCUT2D eigenvalue weighted by Gasteiger charge is -2.17. The third-order valence-corrected chi connectivity index (χ3v) is 3.39. The van der Waals surface area contributed by atoms with Gasteiger partial charge in [-0.1, -0.05) is 12.1 Å². The molecule has 2 rings (SSSR count). The molecule has 0 aliphatic carbocycles. The van der Waals surface area contributed by atoms with Crippen molar-refractivity contribution in [2.75, 3.05) is 6.54 Å². The lowest BCUT2D eigenvalue weighted by atomic mass is 10.1. The van der Waals surface area contributed by atoms with Crippen molar-refractivity contribution in [3.63, 3.8) is 0 Å². The molecule has 1 aromatic rings. The summed E-state index contributed by atoms with van der Waals surface area (Å²) < 4.78 is 0. The Labute approximate surface area is 112 Å². The van der Waals surface area contributed by atoms with Gasteiger partial charge in [-0.15, -0.1) is 0 Å². The summed E-state index contributed by atoms with van der Waals surface area (Å²) in [5.41, 5.74) is 1.15. The summed E-state index contributed by atoms with van der Waals surface area (Å²) in [6.07, 6.45) is 1.90. The van der Waals surface area contributed by atoms with Crippen LogP contribution in [0, 0.1) is 0 Å². The Morgan fingerprint density at radius 1 is 1.37 bits per heavy atom. The third kappa shape index (κ3) is 3.32. The second-order valence-corrected chi connectivity index (χ2v) is 4.81. The molecule has 3 N–H and O–H groups in total. The Bertz CT molecular complexity index is 464. The average Bonchev–Trinajstić information content (AvgIpc) is 2.92. The van der Waals surface area contributed by atoms with Gasteiger partial charge in [0.15, 0.2) is 0 Å². The van der Waals surface area contributed by atoms with Gasteiger partial charge in [0, 0.05) is 0 Å². The van der Waals surface area contributed by atoms with Gasteiger partial charge >= 0.3 is 5.97 Å². The maximum atomic E-state index is 11.9. The van der Waals surface area contributed by atoms with Crippen molar-refractivity contribution in [2.45, 2.75) is 31.8 Å². The number of carboxylic acid groups (broad SMARTS) is 1. The lowest BCUT2D eigenvalue weighted by molar-refractivity contribution is -0.123. The molecule has 0 bridgehead atoms. The fourth-order valence-corrected chi connectivity index (χ4v) is 2.22. The van der Waals surface area contributed by atoms with Crippen LogP contribution in [0.25, 0.3) is 0 Å². The minimum Gasteiger partial charge on any atom is -0.478 e. The van der Waals surface area contributed by atoms with Crippen LogP contribution in [-0.2, 0) is 4.79 Å². The number of carboxylic acids is 1. The van der Waals surface area contributed by atoms with Crippen molar-refractivity contribution in [3.05, 3.63) is 35.4 Å². The fraction of sp³-hybridized carbons (Fsp3) is 0.429. The molecule has 1 amide bonds. The number of rotatable bonds is 4. The van der Waals surface area contributed by atoms with Gasteiger partial charge in [-0.05, 0) is 44.0 Å². The zero-order chi connectivity index (χ0) is 13.8. The normalized spacial score (nSPS) is 19.9. The SMILES string of the molecule is C[C@H](NC(=O)[C@H]1CCCN1)c1ccc(C(=O)O)cc1. The Morgan fingerprint density at radius 3 is 2.58 bits per heavy atom. The minimum atomic E-state index is -0.946. The molecule has 0 radical (unpaired) electrons. The fourth-order valence-electron chi connectivity index (χ4n) is 2.22. The number of aromatic carboxylic acids is 1. The van der Waals surface area contributed by atoms with Gasteiger partial charge in [0.05, 0.1) is 17.6 Å². The second kappa shape index (κ2) is 5.84. The average molecular weight is 262 g/mol. The van der Waals surface area contributed by atoms with E-state index in [1.165, 1.54) is 0 Å². The molecule has 1 fully saturated rings. The number of nitrogens with one attached hydrogen (secondary N) is 2. The summed E-state index contributed by atoms with van der Waals surface area (Å²) in [5.74, 6) is -0.939. The quantitative estimate of drug-likeness (QED) is 0.764. The van der Waals surface area contributed by atoms with E-state index in [0.717, 1.165) is 24.9 Å². The highest BCUT2D eigenvalue weighted by Crippen LogP contribution is 2.14. The second-order valence-electron chi connectivity index (χ2n) is 4.81. The zero-order valence-electron chi connectivity index (χ0n) is 10.8. The highest BCUT2D eigenvalue weighted by molar-refractivity contribution is 5.87. The van der Waals surface area contributed by atoms with E-state index in [1.54, 1.807) is 24.3 Å². The molecule has 102 valence electrons. The molecule has 2 atom stereocenters. The summed E-state index contributed by atoms with van der Waals surface area (Å²) in [5, 5.41) is 14.9.